The average molecular weight is 184 g/mol. The molecule has 0 aromatic carbocycles. The zero-order valence-corrected chi connectivity index (χ0v) is 8.47. The Labute approximate surface area is 78.0 Å². The fourth-order valence-corrected chi connectivity index (χ4v) is 1.92. The maximum absolute atomic E-state index is 5.65. The van der Waals surface area contributed by atoms with E-state index < -0.39 is 0 Å². The van der Waals surface area contributed by atoms with Gasteiger partial charge in [-0.05, 0) is 32.0 Å². The Hall–Kier alpha value is -0.380. The van der Waals surface area contributed by atoms with Gasteiger partial charge in [-0.1, -0.05) is 6.07 Å². The summed E-state index contributed by atoms with van der Waals surface area (Å²) in [5, 5.41) is 2.11. The molecule has 2 nitrogen and oxygen atoms in total. The molecule has 12 heavy (non-hydrogen) atoms. The molecule has 1 rings (SSSR count). The van der Waals surface area contributed by atoms with Crippen LogP contribution in [0.4, 0.5) is 0 Å². The molecule has 0 saturated carbocycles. The van der Waals surface area contributed by atoms with Crippen LogP contribution in [0.3, 0.4) is 0 Å². The first-order valence-electron chi connectivity index (χ1n) is 4.13. The first-order chi connectivity index (χ1) is 5.74. The van der Waals surface area contributed by atoms with Crippen LogP contribution in [0.15, 0.2) is 17.5 Å². The Morgan fingerprint density at radius 1 is 1.58 bits per heavy atom. The van der Waals surface area contributed by atoms with Crippen molar-refractivity contribution in [3.05, 3.63) is 22.4 Å². The second-order valence-electron chi connectivity index (χ2n) is 3.14. The van der Waals surface area contributed by atoms with Gasteiger partial charge in [-0.2, -0.15) is 0 Å². The van der Waals surface area contributed by atoms with Gasteiger partial charge < -0.3 is 10.6 Å². The molecular formula is C9H16N2S. The summed E-state index contributed by atoms with van der Waals surface area (Å²) in [5.41, 5.74) is 5.65. The number of rotatable bonds is 4. The molecule has 0 amide bonds. The molecule has 0 fully saturated rings. The Balaban J connectivity index is 2.48. The van der Waals surface area contributed by atoms with E-state index in [9.17, 15) is 0 Å². The fourth-order valence-electron chi connectivity index (χ4n) is 1.14. The molecule has 1 atom stereocenters. The number of nitrogens with zero attached hydrogens (tertiary/aromatic N) is 1. The Morgan fingerprint density at radius 2 is 2.33 bits per heavy atom. The van der Waals surface area contributed by atoms with Crippen LogP contribution in [0.25, 0.3) is 0 Å². The van der Waals surface area contributed by atoms with E-state index in [0.29, 0.717) is 6.04 Å². The molecule has 0 aliphatic heterocycles. The second kappa shape index (κ2) is 4.60. The van der Waals surface area contributed by atoms with Crippen molar-refractivity contribution >= 4 is 11.3 Å². The van der Waals surface area contributed by atoms with Gasteiger partial charge in [0.05, 0.1) is 0 Å². The minimum atomic E-state index is 0.476. The molecule has 1 aromatic heterocycles. The van der Waals surface area contributed by atoms with Gasteiger partial charge in [0.2, 0.25) is 0 Å². The highest BCUT2D eigenvalue weighted by molar-refractivity contribution is 7.09. The van der Waals surface area contributed by atoms with Gasteiger partial charge in [-0.3, -0.25) is 0 Å². The van der Waals surface area contributed by atoms with E-state index in [0.717, 1.165) is 13.0 Å². The summed E-state index contributed by atoms with van der Waals surface area (Å²) in [6.07, 6.45) is 1.07. The van der Waals surface area contributed by atoms with Crippen LogP contribution in [-0.4, -0.2) is 31.6 Å². The topological polar surface area (TPSA) is 29.3 Å². The van der Waals surface area contributed by atoms with Crippen molar-refractivity contribution < 1.29 is 0 Å². The van der Waals surface area contributed by atoms with Crippen LogP contribution in [0.2, 0.25) is 0 Å². The van der Waals surface area contributed by atoms with Gasteiger partial charge in [-0.15, -0.1) is 11.3 Å². The molecule has 0 bridgehead atoms. The van der Waals surface area contributed by atoms with E-state index in [1.54, 1.807) is 11.3 Å². The highest BCUT2D eigenvalue weighted by Crippen LogP contribution is 2.12. The SMILES string of the molecule is CN(C)C(CN)Cc1cccs1. The van der Waals surface area contributed by atoms with Gasteiger partial charge in [-0.25, -0.2) is 0 Å². The molecule has 68 valence electrons. The molecule has 2 N–H and O–H groups in total. The van der Waals surface area contributed by atoms with Gasteiger partial charge in [0, 0.05) is 17.5 Å². The molecule has 3 heteroatoms. The molecule has 0 radical (unpaired) electrons. The standard InChI is InChI=1S/C9H16N2S/c1-11(2)8(7-10)6-9-4-3-5-12-9/h3-5,8H,6-7,10H2,1-2H3. The summed E-state index contributed by atoms with van der Waals surface area (Å²) in [4.78, 5) is 3.60. The van der Waals surface area contributed by atoms with E-state index in [2.05, 4.69) is 36.5 Å². The van der Waals surface area contributed by atoms with E-state index in [1.807, 2.05) is 0 Å². The largest absolute Gasteiger partial charge is 0.329 e. The van der Waals surface area contributed by atoms with Gasteiger partial charge in [0.1, 0.15) is 0 Å². The van der Waals surface area contributed by atoms with Crippen LogP contribution >= 0.6 is 11.3 Å². The summed E-state index contributed by atoms with van der Waals surface area (Å²) >= 11 is 1.80. The maximum Gasteiger partial charge on any atom is 0.0260 e. The van der Waals surface area contributed by atoms with Gasteiger partial charge in [0.25, 0.3) is 0 Å². The number of hydrogen-bond donors (Lipinski definition) is 1. The normalized spacial score (nSPS) is 13.7. The summed E-state index contributed by atoms with van der Waals surface area (Å²) < 4.78 is 0. The van der Waals surface area contributed by atoms with Crippen molar-refractivity contribution in [1.82, 2.24) is 4.90 Å². The summed E-state index contributed by atoms with van der Waals surface area (Å²) in [6, 6.07) is 4.73. The molecule has 0 saturated heterocycles. The zero-order valence-electron chi connectivity index (χ0n) is 7.66. The van der Waals surface area contributed by atoms with E-state index in [1.165, 1.54) is 4.88 Å². The number of hydrogen-bond acceptors (Lipinski definition) is 3. The van der Waals surface area contributed by atoms with Gasteiger partial charge >= 0.3 is 0 Å². The minimum absolute atomic E-state index is 0.476. The lowest BCUT2D eigenvalue weighted by molar-refractivity contribution is 0.299. The minimum Gasteiger partial charge on any atom is -0.329 e. The van der Waals surface area contributed by atoms with Crippen molar-refractivity contribution in [2.24, 2.45) is 5.73 Å². The third-order valence-corrected chi connectivity index (χ3v) is 2.92. The van der Waals surface area contributed by atoms with Crippen LogP contribution in [-0.2, 0) is 6.42 Å². The van der Waals surface area contributed by atoms with Crippen LogP contribution < -0.4 is 5.73 Å². The van der Waals surface area contributed by atoms with E-state index in [-0.39, 0.29) is 0 Å². The van der Waals surface area contributed by atoms with Crippen molar-refractivity contribution in [3.63, 3.8) is 0 Å². The molecule has 1 aromatic rings. The first kappa shape index (κ1) is 9.71. The zero-order chi connectivity index (χ0) is 8.97. The van der Waals surface area contributed by atoms with E-state index in [4.69, 9.17) is 5.73 Å². The molecule has 1 heterocycles. The molecule has 0 spiro atoms. The Kier molecular flexibility index (Phi) is 3.72. The number of thiophene rings is 1. The molecule has 0 aliphatic carbocycles. The Morgan fingerprint density at radius 3 is 2.75 bits per heavy atom. The first-order valence-corrected chi connectivity index (χ1v) is 5.01. The Bertz CT molecular complexity index is 206. The lowest BCUT2D eigenvalue weighted by Gasteiger charge is -2.21. The predicted octanol–water partition coefficient (Wildman–Crippen LogP) is 1.18. The van der Waals surface area contributed by atoms with Gasteiger partial charge in [0.15, 0.2) is 0 Å². The quantitative estimate of drug-likeness (QED) is 0.761. The van der Waals surface area contributed by atoms with Crippen molar-refractivity contribution in [2.75, 3.05) is 20.6 Å². The molecule has 1 unspecified atom stereocenters. The van der Waals surface area contributed by atoms with Crippen LogP contribution in [0.1, 0.15) is 4.88 Å². The average Bonchev–Trinajstić information content (AvgIpc) is 2.51. The lowest BCUT2D eigenvalue weighted by Crippen LogP contribution is -2.36. The number of likely N-dealkylation sites (N-methyl/N-ethyl adjacent to an activating group) is 1. The van der Waals surface area contributed by atoms with E-state index >= 15 is 0 Å². The summed E-state index contributed by atoms with van der Waals surface area (Å²) in [5.74, 6) is 0. The predicted molar refractivity (Wildman–Crippen MR) is 54.6 cm³/mol. The highest BCUT2D eigenvalue weighted by Gasteiger charge is 2.09. The van der Waals surface area contributed by atoms with Crippen molar-refractivity contribution in [3.8, 4) is 0 Å². The number of nitrogens with two attached hydrogens (primary N) is 1. The van der Waals surface area contributed by atoms with Crippen molar-refractivity contribution in [2.45, 2.75) is 12.5 Å². The van der Waals surface area contributed by atoms with Crippen molar-refractivity contribution in [1.29, 1.82) is 0 Å². The monoisotopic (exact) mass is 184 g/mol. The third kappa shape index (κ3) is 2.59. The third-order valence-electron chi connectivity index (χ3n) is 2.02. The highest BCUT2D eigenvalue weighted by atomic mass is 32.1. The maximum atomic E-state index is 5.65. The summed E-state index contributed by atoms with van der Waals surface area (Å²) in [7, 11) is 4.15. The summed E-state index contributed by atoms with van der Waals surface area (Å²) in [6.45, 7) is 0.727. The fraction of sp³-hybridized carbons (Fsp3) is 0.556. The molecular weight excluding hydrogens is 168 g/mol. The second-order valence-corrected chi connectivity index (χ2v) is 4.17. The van der Waals surface area contributed by atoms with Crippen LogP contribution in [0.5, 0.6) is 0 Å². The molecule has 0 aliphatic rings. The smallest absolute Gasteiger partial charge is 0.0260 e. The lowest BCUT2D eigenvalue weighted by atomic mass is 10.1. The van der Waals surface area contributed by atoms with Crippen LogP contribution in [0, 0.1) is 0 Å².